The summed E-state index contributed by atoms with van der Waals surface area (Å²) in [5, 5.41) is 14.6. The molecular weight excluding hydrogens is 366 g/mol. The number of fused-ring (bicyclic) bond motifs is 1. The summed E-state index contributed by atoms with van der Waals surface area (Å²) in [4.78, 5) is 4.16. The standard InChI is InChI=1S/C19H22F2N6O/c1-13-6-7-15(28-18(20)21)14(11-13)12-24-19(22-2)23-9-8-17-26-25-16-5-3-4-10-27(16)17/h3-7,10-11,18H,8-9,12H2,1-2H3,(H2,22,23,24). The predicted molar refractivity (Wildman–Crippen MR) is 103 cm³/mol. The van der Waals surface area contributed by atoms with Crippen molar-refractivity contribution in [2.45, 2.75) is 26.5 Å². The van der Waals surface area contributed by atoms with Gasteiger partial charge in [-0.15, -0.1) is 10.2 Å². The average Bonchev–Trinajstić information content (AvgIpc) is 3.09. The maximum Gasteiger partial charge on any atom is 0.387 e. The van der Waals surface area contributed by atoms with Crippen LogP contribution in [0.4, 0.5) is 8.78 Å². The van der Waals surface area contributed by atoms with Crippen molar-refractivity contribution in [1.29, 1.82) is 0 Å². The molecule has 0 unspecified atom stereocenters. The molecule has 9 heteroatoms. The van der Waals surface area contributed by atoms with Gasteiger partial charge in [0.15, 0.2) is 11.6 Å². The summed E-state index contributed by atoms with van der Waals surface area (Å²) in [5.41, 5.74) is 2.39. The van der Waals surface area contributed by atoms with E-state index in [-0.39, 0.29) is 5.75 Å². The topological polar surface area (TPSA) is 75.8 Å². The number of alkyl halides is 2. The van der Waals surface area contributed by atoms with E-state index in [1.165, 1.54) is 0 Å². The summed E-state index contributed by atoms with van der Waals surface area (Å²) in [6, 6.07) is 10.8. The van der Waals surface area contributed by atoms with Crippen LogP contribution in [0.25, 0.3) is 5.65 Å². The number of nitrogens with zero attached hydrogens (tertiary/aromatic N) is 4. The highest BCUT2D eigenvalue weighted by Gasteiger charge is 2.11. The molecule has 0 saturated carbocycles. The SMILES string of the molecule is CN=C(NCCc1nnc2ccccn12)NCc1cc(C)ccc1OC(F)F. The van der Waals surface area contributed by atoms with Crippen LogP contribution in [0.2, 0.25) is 0 Å². The monoisotopic (exact) mass is 388 g/mol. The molecule has 3 aromatic rings. The second-order valence-corrected chi connectivity index (χ2v) is 6.14. The number of nitrogens with one attached hydrogen (secondary N) is 2. The third kappa shape index (κ3) is 4.93. The van der Waals surface area contributed by atoms with E-state index in [0.29, 0.717) is 31.0 Å². The minimum Gasteiger partial charge on any atom is -0.434 e. The molecule has 0 aliphatic heterocycles. The van der Waals surface area contributed by atoms with Crippen molar-refractivity contribution in [1.82, 2.24) is 25.2 Å². The number of pyridine rings is 1. The molecule has 0 aliphatic rings. The van der Waals surface area contributed by atoms with Gasteiger partial charge in [0.2, 0.25) is 0 Å². The maximum absolute atomic E-state index is 12.6. The first-order valence-electron chi connectivity index (χ1n) is 8.84. The second-order valence-electron chi connectivity index (χ2n) is 6.14. The summed E-state index contributed by atoms with van der Waals surface area (Å²) in [6.07, 6.45) is 2.57. The van der Waals surface area contributed by atoms with Crippen LogP contribution in [0.5, 0.6) is 5.75 Å². The first kappa shape index (κ1) is 19.5. The van der Waals surface area contributed by atoms with Gasteiger partial charge in [-0.25, -0.2) is 0 Å². The molecule has 1 aromatic carbocycles. The molecule has 0 radical (unpaired) electrons. The molecule has 0 spiro atoms. The molecule has 2 N–H and O–H groups in total. The molecule has 0 fully saturated rings. The van der Waals surface area contributed by atoms with E-state index in [2.05, 4.69) is 30.6 Å². The van der Waals surface area contributed by atoms with Gasteiger partial charge in [-0.2, -0.15) is 8.78 Å². The van der Waals surface area contributed by atoms with Crippen molar-refractivity contribution >= 4 is 11.6 Å². The zero-order valence-electron chi connectivity index (χ0n) is 15.7. The van der Waals surface area contributed by atoms with Crippen LogP contribution in [0.3, 0.4) is 0 Å². The normalized spacial score (nSPS) is 11.8. The van der Waals surface area contributed by atoms with Gasteiger partial charge in [-0.1, -0.05) is 23.8 Å². The third-order valence-electron chi connectivity index (χ3n) is 4.13. The van der Waals surface area contributed by atoms with Crippen molar-refractivity contribution in [3.8, 4) is 5.75 Å². The Morgan fingerprint density at radius 3 is 2.86 bits per heavy atom. The lowest BCUT2D eigenvalue weighted by Crippen LogP contribution is -2.38. The fourth-order valence-electron chi connectivity index (χ4n) is 2.81. The molecule has 148 valence electrons. The first-order chi connectivity index (χ1) is 13.6. The van der Waals surface area contributed by atoms with Gasteiger partial charge in [-0.3, -0.25) is 9.39 Å². The van der Waals surface area contributed by atoms with Crippen LogP contribution in [-0.2, 0) is 13.0 Å². The fourth-order valence-corrected chi connectivity index (χ4v) is 2.81. The van der Waals surface area contributed by atoms with E-state index in [0.717, 1.165) is 17.0 Å². The predicted octanol–water partition coefficient (Wildman–Crippen LogP) is 2.55. The minimum absolute atomic E-state index is 0.151. The van der Waals surface area contributed by atoms with E-state index in [4.69, 9.17) is 0 Å². The van der Waals surface area contributed by atoms with E-state index in [1.807, 2.05) is 35.7 Å². The van der Waals surface area contributed by atoms with Crippen LogP contribution in [0.1, 0.15) is 17.0 Å². The number of hydrogen-bond donors (Lipinski definition) is 2. The van der Waals surface area contributed by atoms with E-state index >= 15 is 0 Å². The molecular formula is C19H22F2N6O. The van der Waals surface area contributed by atoms with Crippen molar-refractivity contribution in [3.63, 3.8) is 0 Å². The number of aryl methyl sites for hydroxylation is 1. The summed E-state index contributed by atoms with van der Waals surface area (Å²) in [7, 11) is 1.65. The summed E-state index contributed by atoms with van der Waals surface area (Å²) < 4.78 is 31.7. The van der Waals surface area contributed by atoms with Crippen molar-refractivity contribution in [2.24, 2.45) is 4.99 Å². The molecule has 0 aliphatic carbocycles. The lowest BCUT2D eigenvalue weighted by molar-refractivity contribution is -0.0504. The Morgan fingerprint density at radius 2 is 2.07 bits per heavy atom. The lowest BCUT2D eigenvalue weighted by Gasteiger charge is -2.15. The Kier molecular flexibility index (Phi) is 6.36. The van der Waals surface area contributed by atoms with Crippen molar-refractivity contribution in [2.75, 3.05) is 13.6 Å². The van der Waals surface area contributed by atoms with Crippen LogP contribution in [0.15, 0.2) is 47.6 Å². The molecule has 0 amide bonds. The Bertz CT molecular complexity index is 957. The number of guanidine groups is 1. The molecule has 2 aromatic heterocycles. The molecule has 0 saturated heterocycles. The quantitative estimate of drug-likeness (QED) is 0.481. The minimum atomic E-state index is -2.86. The fraction of sp³-hybridized carbons (Fsp3) is 0.316. The van der Waals surface area contributed by atoms with Gasteiger partial charge in [0.1, 0.15) is 11.6 Å². The van der Waals surface area contributed by atoms with Crippen LogP contribution in [0, 0.1) is 6.92 Å². The largest absolute Gasteiger partial charge is 0.434 e. The number of aliphatic imine (C=N–C) groups is 1. The number of rotatable bonds is 7. The zero-order chi connectivity index (χ0) is 19.9. The molecule has 2 heterocycles. The molecule has 0 bridgehead atoms. The Balaban J connectivity index is 1.56. The van der Waals surface area contributed by atoms with E-state index in [9.17, 15) is 8.78 Å². The number of ether oxygens (including phenoxy) is 1. The van der Waals surface area contributed by atoms with Gasteiger partial charge in [0.05, 0.1) is 0 Å². The number of benzene rings is 1. The lowest BCUT2D eigenvalue weighted by atomic mass is 10.1. The highest BCUT2D eigenvalue weighted by Crippen LogP contribution is 2.21. The Hall–Kier alpha value is -3.23. The second kappa shape index (κ2) is 9.12. The van der Waals surface area contributed by atoms with Gasteiger partial charge in [0, 0.05) is 38.3 Å². The third-order valence-corrected chi connectivity index (χ3v) is 4.13. The molecule has 7 nitrogen and oxygen atoms in total. The molecule has 0 atom stereocenters. The molecule has 28 heavy (non-hydrogen) atoms. The smallest absolute Gasteiger partial charge is 0.387 e. The Labute approximate surface area is 161 Å². The van der Waals surface area contributed by atoms with E-state index < -0.39 is 6.61 Å². The van der Waals surface area contributed by atoms with Gasteiger partial charge in [-0.05, 0) is 25.1 Å². The summed E-state index contributed by atoms with van der Waals surface area (Å²) in [6.45, 7) is -0.0798. The van der Waals surface area contributed by atoms with Crippen LogP contribution >= 0.6 is 0 Å². The van der Waals surface area contributed by atoms with Crippen molar-refractivity contribution in [3.05, 3.63) is 59.5 Å². The van der Waals surface area contributed by atoms with E-state index in [1.54, 1.807) is 25.2 Å². The summed E-state index contributed by atoms with van der Waals surface area (Å²) in [5.74, 6) is 1.54. The zero-order valence-corrected chi connectivity index (χ0v) is 15.7. The number of halogens is 2. The number of hydrogen-bond acceptors (Lipinski definition) is 4. The highest BCUT2D eigenvalue weighted by atomic mass is 19.3. The number of aromatic nitrogens is 3. The first-order valence-corrected chi connectivity index (χ1v) is 8.84. The van der Waals surface area contributed by atoms with Crippen LogP contribution in [-0.4, -0.2) is 40.8 Å². The molecule has 3 rings (SSSR count). The van der Waals surface area contributed by atoms with Crippen LogP contribution < -0.4 is 15.4 Å². The Morgan fingerprint density at radius 1 is 1.21 bits per heavy atom. The van der Waals surface area contributed by atoms with Gasteiger partial charge < -0.3 is 15.4 Å². The highest BCUT2D eigenvalue weighted by molar-refractivity contribution is 5.79. The van der Waals surface area contributed by atoms with Gasteiger partial charge in [0.25, 0.3) is 0 Å². The average molecular weight is 388 g/mol. The maximum atomic E-state index is 12.6. The van der Waals surface area contributed by atoms with Crippen molar-refractivity contribution < 1.29 is 13.5 Å². The summed E-state index contributed by atoms with van der Waals surface area (Å²) >= 11 is 0. The van der Waals surface area contributed by atoms with Gasteiger partial charge >= 0.3 is 6.61 Å².